The Morgan fingerprint density at radius 2 is 2.33 bits per heavy atom. The molecule has 1 heterocycles. The highest BCUT2D eigenvalue weighted by atomic mass is 35.5. The summed E-state index contributed by atoms with van der Waals surface area (Å²) in [6.45, 7) is 3.31. The van der Waals surface area contributed by atoms with Crippen molar-refractivity contribution in [2.45, 2.75) is 25.8 Å². The molecule has 1 saturated carbocycles. The molecule has 0 aromatic carbocycles. The van der Waals surface area contributed by atoms with Crippen LogP contribution >= 0.6 is 11.6 Å². The van der Waals surface area contributed by atoms with Gasteiger partial charge in [-0.15, -0.1) is 0 Å². The zero-order valence-corrected chi connectivity index (χ0v) is 11.5. The minimum absolute atomic E-state index is 0.281. The Labute approximate surface area is 112 Å². The SMILES string of the molecule is COCCN(c1ncc(Cl)cc1F)C(C)C1CC1. The van der Waals surface area contributed by atoms with Gasteiger partial charge in [-0.05, 0) is 31.7 Å². The summed E-state index contributed by atoms with van der Waals surface area (Å²) in [5, 5.41) is 0.321. The second-order valence-electron chi connectivity index (χ2n) is 4.72. The monoisotopic (exact) mass is 272 g/mol. The number of rotatable bonds is 6. The number of aromatic nitrogens is 1. The Kier molecular flexibility index (Phi) is 4.40. The lowest BCUT2D eigenvalue weighted by molar-refractivity contribution is 0.202. The number of hydrogen-bond donors (Lipinski definition) is 0. The average molecular weight is 273 g/mol. The topological polar surface area (TPSA) is 25.4 Å². The van der Waals surface area contributed by atoms with Crippen molar-refractivity contribution in [2.75, 3.05) is 25.2 Å². The minimum Gasteiger partial charge on any atom is -0.383 e. The smallest absolute Gasteiger partial charge is 0.167 e. The largest absolute Gasteiger partial charge is 0.383 e. The van der Waals surface area contributed by atoms with Gasteiger partial charge in [0.05, 0.1) is 11.6 Å². The predicted molar refractivity (Wildman–Crippen MR) is 70.6 cm³/mol. The van der Waals surface area contributed by atoms with E-state index in [1.165, 1.54) is 25.1 Å². The quantitative estimate of drug-likeness (QED) is 0.796. The first-order valence-corrected chi connectivity index (χ1v) is 6.58. The molecule has 1 aliphatic carbocycles. The average Bonchev–Trinajstić information content (AvgIpc) is 3.15. The van der Waals surface area contributed by atoms with Crippen molar-refractivity contribution in [1.29, 1.82) is 0 Å². The Morgan fingerprint density at radius 1 is 1.61 bits per heavy atom. The molecule has 1 fully saturated rings. The molecule has 3 nitrogen and oxygen atoms in total. The highest BCUT2D eigenvalue weighted by Crippen LogP contribution is 2.37. The summed E-state index contributed by atoms with van der Waals surface area (Å²) in [5.74, 6) is 0.640. The molecule has 0 N–H and O–H groups in total. The van der Waals surface area contributed by atoms with E-state index >= 15 is 0 Å². The van der Waals surface area contributed by atoms with Gasteiger partial charge >= 0.3 is 0 Å². The Hall–Kier alpha value is -0.870. The summed E-state index contributed by atoms with van der Waals surface area (Å²) in [4.78, 5) is 6.10. The number of pyridine rings is 1. The third-order valence-corrected chi connectivity index (χ3v) is 3.60. The van der Waals surface area contributed by atoms with E-state index in [2.05, 4.69) is 11.9 Å². The highest BCUT2D eigenvalue weighted by Gasteiger charge is 2.33. The van der Waals surface area contributed by atoms with Gasteiger partial charge in [-0.2, -0.15) is 0 Å². The molecule has 100 valence electrons. The highest BCUT2D eigenvalue weighted by molar-refractivity contribution is 6.30. The van der Waals surface area contributed by atoms with E-state index in [4.69, 9.17) is 16.3 Å². The third kappa shape index (κ3) is 3.12. The van der Waals surface area contributed by atoms with Gasteiger partial charge in [0.25, 0.3) is 0 Å². The number of anilines is 1. The van der Waals surface area contributed by atoms with Gasteiger partial charge in [0.15, 0.2) is 11.6 Å². The molecule has 5 heteroatoms. The van der Waals surface area contributed by atoms with Crippen LogP contribution in [0.5, 0.6) is 0 Å². The van der Waals surface area contributed by atoms with Crippen molar-refractivity contribution in [2.24, 2.45) is 5.92 Å². The molecular weight excluding hydrogens is 255 g/mol. The molecule has 1 atom stereocenters. The lowest BCUT2D eigenvalue weighted by Crippen LogP contribution is -2.38. The zero-order valence-electron chi connectivity index (χ0n) is 10.7. The van der Waals surface area contributed by atoms with Crippen LogP contribution in [0.25, 0.3) is 0 Å². The number of halogens is 2. The van der Waals surface area contributed by atoms with Crippen LogP contribution in [0.4, 0.5) is 10.2 Å². The predicted octanol–water partition coefficient (Wildman–Crippen LogP) is 3.13. The first-order valence-electron chi connectivity index (χ1n) is 6.20. The lowest BCUT2D eigenvalue weighted by Gasteiger charge is -2.30. The fourth-order valence-electron chi connectivity index (χ4n) is 2.14. The molecule has 0 bridgehead atoms. The van der Waals surface area contributed by atoms with E-state index in [0.717, 1.165) is 0 Å². The lowest BCUT2D eigenvalue weighted by atomic mass is 10.2. The van der Waals surface area contributed by atoms with E-state index in [0.29, 0.717) is 29.9 Å². The maximum atomic E-state index is 13.9. The van der Waals surface area contributed by atoms with Crippen molar-refractivity contribution >= 4 is 17.4 Å². The van der Waals surface area contributed by atoms with Crippen LogP contribution in [0.1, 0.15) is 19.8 Å². The Bertz CT molecular complexity index is 412. The van der Waals surface area contributed by atoms with E-state index < -0.39 is 0 Å². The molecule has 0 spiro atoms. The fourth-order valence-corrected chi connectivity index (χ4v) is 2.29. The summed E-state index contributed by atoms with van der Waals surface area (Å²) in [6.07, 6.45) is 3.90. The van der Waals surface area contributed by atoms with Crippen LogP contribution in [0, 0.1) is 11.7 Å². The Morgan fingerprint density at radius 3 is 2.89 bits per heavy atom. The van der Waals surface area contributed by atoms with Gasteiger partial charge in [0.2, 0.25) is 0 Å². The van der Waals surface area contributed by atoms with Crippen molar-refractivity contribution in [3.63, 3.8) is 0 Å². The number of methoxy groups -OCH3 is 1. The van der Waals surface area contributed by atoms with Crippen molar-refractivity contribution in [3.05, 3.63) is 23.1 Å². The molecular formula is C13H18ClFN2O. The summed E-state index contributed by atoms with van der Waals surface area (Å²) >= 11 is 5.73. The number of ether oxygens (including phenoxy) is 1. The molecule has 0 aliphatic heterocycles. The van der Waals surface area contributed by atoms with E-state index in [1.807, 2.05) is 4.90 Å². The van der Waals surface area contributed by atoms with Crippen molar-refractivity contribution in [1.82, 2.24) is 4.98 Å². The standard InChI is InChI=1S/C13H18ClFN2O/c1-9(10-3-4-10)17(5-6-18-2)13-12(15)7-11(14)8-16-13/h7-10H,3-6H2,1-2H3. The van der Waals surface area contributed by atoms with Crippen molar-refractivity contribution < 1.29 is 9.13 Å². The Balaban J connectivity index is 2.20. The second kappa shape index (κ2) is 5.85. The molecule has 0 saturated heterocycles. The summed E-state index contributed by atoms with van der Waals surface area (Å²) < 4.78 is 19.0. The van der Waals surface area contributed by atoms with Crippen LogP contribution in [0.3, 0.4) is 0 Å². The van der Waals surface area contributed by atoms with Gasteiger partial charge in [0, 0.05) is 25.9 Å². The van der Waals surface area contributed by atoms with Crippen LogP contribution in [-0.4, -0.2) is 31.3 Å². The number of hydrogen-bond acceptors (Lipinski definition) is 3. The van der Waals surface area contributed by atoms with Gasteiger partial charge in [-0.1, -0.05) is 11.6 Å². The molecule has 1 unspecified atom stereocenters. The normalized spacial score (nSPS) is 16.7. The van der Waals surface area contributed by atoms with E-state index in [1.54, 1.807) is 7.11 Å². The number of nitrogens with zero attached hydrogens (tertiary/aromatic N) is 2. The van der Waals surface area contributed by atoms with Gasteiger partial charge in [-0.25, -0.2) is 9.37 Å². The summed E-state index contributed by atoms with van der Waals surface area (Å²) in [6, 6.07) is 1.59. The van der Waals surface area contributed by atoms with Gasteiger partial charge < -0.3 is 9.64 Å². The minimum atomic E-state index is -0.369. The van der Waals surface area contributed by atoms with Crippen LogP contribution in [0.15, 0.2) is 12.3 Å². The van der Waals surface area contributed by atoms with E-state index in [-0.39, 0.29) is 11.9 Å². The molecule has 1 aromatic heterocycles. The summed E-state index contributed by atoms with van der Waals surface area (Å²) in [7, 11) is 1.64. The summed E-state index contributed by atoms with van der Waals surface area (Å²) in [5.41, 5.74) is 0. The molecule has 1 aliphatic rings. The van der Waals surface area contributed by atoms with Crippen LogP contribution in [-0.2, 0) is 4.74 Å². The van der Waals surface area contributed by atoms with Gasteiger partial charge in [0.1, 0.15) is 0 Å². The maximum Gasteiger partial charge on any atom is 0.167 e. The zero-order chi connectivity index (χ0) is 13.1. The molecule has 2 rings (SSSR count). The molecule has 0 radical (unpaired) electrons. The first-order chi connectivity index (χ1) is 8.63. The molecule has 18 heavy (non-hydrogen) atoms. The second-order valence-corrected chi connectivity index (χ2v) is 5.16. The van der Waals surface area contributed by atoms with Gasteiger partial charge in [-0.3, -0.25) is 0 Å². The van der Waals surface area contributed by atoms with Crippen LogP contribution < -0.4 is 4.90 Å². The fraction of sp³-hybridized carbons (Fsp3) is 0.615. The van der Waals surface area contributed by atoms with E-state index in [9.17, 15) is 4.39 Å². The third-order valence-electron chi connectivity index (χ3n) is 3.39. The van der Waals surface area contributed by atoms with Crippen LogP contribution in [0.2, 0.25) is 5.02 Å². The first kappa shape index (κ1) is 13.6. The molecule has 1 aromatic rings. The maximum absolute atomic E-state index is 13.9. The molecule has 0 amide bonds. The van der Waals surface area contributed by atoms with Crippen molar-refractivity contribution in [3.8, 4) is 0 Å².